The maximum atomic E-state index is 12.9. The highest BCUT2D eigenvalue weighted by Crippen LogP contribution is 2.47. The molecule has 0 unspecified atom stereocenters. The van der Waals surface area contributed by atoms with Gasteiger partial charge in [-0.3, -0.25) is 4.79 Å². The maximum Gasteiger partial charge on any atom is 0.306 e. The first kappa shape index (κ1) is 19.0. The van der Waals surface area contributed by atoms with Crippen molar-refractivity contribution in [2.45, 2.75) is 44.6 Å². The zero-order chi connectivity index (χ0) is 19.1. The van der Waals surface area contributed by atoms with Crippen molar-refractivity contribution < 1.29 is 22.1 Å². The van der Waals surface area contributed by atoms with Gasteiger partial charge < -0.3 is 14.2 Å². The Morgan fingerprint density at radius 2 is 1.85 bits per heavy atom. The summed E-state index contributed by atoms with van der Waals surface area (Å²) in [5, 5.41) is 3.28. The van der Waals surface area contributed by atoms with Gasteiger partial charge in [-0.05, 0) is 37.5 Å². The van der Waals surface area contributed by atoms with Gasteiger partial charge >= 0.3 is 10.1 Å². The summed E-state index contributed by atoms with van der Waals surface area (Å²) in [6.45, 7) is 1.86. The number of halogens is 1. The summed E-state index contributed by atoms with van der Waals surface area (Å²) in [5.41, 5.74) is 0.553. The lowest BCUT2D eigenvalue weighted by Gasteiger charge is -2.34. The normalized spacial score (nSPS) is 19.6. The molecule has 0 bridgehead atoms. The Labute approximate surface area is 158 Å². The first-order chi connectivity index (χ1) is 12.2. The topological polar surface area (TPSA) is 81.7 Å². The quantitative estimate of drug-likeness (QED) is 0.786. The summed E-state index contributed by atoms with van der Waals surface area (Å²) in [6, 6.07) is 3.47. The molecule has 1 fully saturated rings. The molecule has 1 aliphatic carbocycles. The molecule has 3 rings (SSSR count). The molecule has 1 heterocycles. The molecule has 0 atom stereocenters. The van der Waals surface area contributed by atoms with Crippen LogP contribution in [0.1, 0.15) is 43.2 Å². The van der Waals surface area contributed by atoms with Crippen LogP contribution < -0.4 is 10.1 Å². The van der Waals surface area contributed by atoms with Crippen molar-refractivity contribution >= 4 is 33.2 Å². The molecular weight excluding hydrogens is 378 g/mol. The van der Waals surface area contributed by atoms with E-state index in [1.54, 1.807) is 12.1 Å². The summed E-state index contributed by atoms with van der Waals surface area (Å²) < 4.78 is 34.6. The van der Waals surface area contributed by atoms with Crippen LogP contribution >= 0.6 is 11.6 Å². The molecule has 1 spiro atoms. The summed E-state index contributed by atoms with van der Waals surface area (Å²) in [5.74, 6) is 0.144. The van der Waals surface area contributed by atoms with E-state index in [-0.39, 0.29) is 11.3 Å². The highest BCUT2D eigenvalue weighted by Gasteiger charge is 2.49. The fourth-order valence-electron chi connectivity index (χ4n) is 3.80. The largest absolute Gasteiger partial charge is 0.496 e. The van der Waals surface area contributed by atoms with Crippen molar-refractivity contribution in [3.05, 3.63) is 34.0 Å². The third-order valence-corrected chi connectivity index (χ3v) is 5.62. The van der Waals surface area contributed by atoms with Gasteiger partial charge in [0.2, 0.25) is 0 Å². The van der Waals surface area contributed by atoms with E-state index >= 15 is 0 Å². The zero-order valence-electron chi connectivity index (χ0n) is 15.0. The van der Waals surface area contributed by atoms with E-state index in [1.807, 2.05) is 6.92 Å². The third-order valence-electron chi connectivity index (χ3n) is 4.85. The monoisotopic (exact) mass is 399 g/mol. The molecule has 1 aromatic carbocycles. The van der Waals surface area contributed by atoms with E-state index in [4.69, 9.17) is 20.5 Å². The molecule has 0 radical (unpaired) electrons. The number of ether oxygens (including phenoxy) is 1. The fourth-order valence-corrected chi connectivity index (χ4v) is 4.71. The molecule has 142 valence electrons. The van der Waals surface area contributed by atoms with Crippen LogP contribution in [0.25, 0.3) is 5.57 Å². The zero-order valence-corrected chi connectivity index (χ0v) is 16.6. The van der Waals surface area contributed by atoms with Crippen LogP contribution in [0.15, 0.2) is 17.9 Å². The second-order valence-electron chi connectivity index (χ2n) is 6.91. The van der Waals surface area contributed by atoms with Gasteiger partial charge in [-0.1, -0.05) is 30.9 Å². The van der Waals surface area contributed by atoms with Crippen LogP contribution in [0.4, 0.5) is 0 Å². The van der Waals surface area contributed by atoms with Crippen LogP contribution in [0.5, 0.6) is 5.75 Å². The number of carbonyl (C=O) groups excluding carboxylic acids is 1. The third kappa shape index (κ3) is 3.42. The molecule has 8 heteroatoms. The van der Waals surface area contributed by atoms with E-state index in [2.05, 4.69) is 5.32 Å². The van der Waals surface area contributed by atoms with Crippen molar-refractivity contribution in [1.29, 1.82) is 0 Å². The smallest absolute Gasteiger partial charge is 0.306 e. The van der Waals surface area contributed by atoms with Gasteiger partial charge in [0.05, 0.1) is 29.5 Å². The maximum absolute atomic E-state index is 12.9. The number of rotatable bonds is 4. The first-order valence-electron chi connectivity index (χ1n) is 8.48. The number of carbonyl (C=O) groups is 1. The molecule has 1 aromatic rings. The van der Waals surface area contributed by atoms with Gasteiger partial charge in [0.25, 0.3) is 5.91 Å². The minimum Gasteiger partial charge on any atom is -0.496 e. The lowest BCUT2D eigenvalue weighted by atomic mass is 9.80. The van der Waals surface area contributed by atoms with Crippen LogP contribution in [0.2, 0.25) is 5.02 Å². The Balaban J connectivity index is 2.28. The van der Waals surface area contributed by atoms with Gasteiger partial charge in [0, 0.05) is 0 Å². The van der Waals surface area contributed by atoms with Crippen LogP contribution in [0.3, 0.4) is 0 Å². The van der Waals surface area contributed by atoms with E-state index < -0.39 is 21.6 Å². The summed E-state index contributed by atoms with van der Waals surface area (Å²) in [6.07, 6.45) is 5.02. The van der Waals surface area contributed by atoms with Gasteiger partial charge in [-0.2, -0.15) is 8.42 Å². The second-order valence-corrected chi connectivity index (χ2v) is 8.89. The molecular formula is C18H22ClNO5S. The van der Waals surface area contributed by atoms with E-state index in [9.17, 15) is 13.2 Å². The molecule has 1 amide bonds. The number of hydrogen-bond donors (Lipinski definition) is 1. The number of aryl methyl sites for hydroxylation is 1. The lowest BCUT2D eigenvalue weighted by molar-refractivity contribution is -0.116. The van der Waals surface area contributed by atoms with Crippen molar-refractivity contribution in [1.82, 2.24) is 5.32 Å². The predicted octanol–water partition coefficient (Wildman–Crippen LogP) is 3.18. The minimum atomic E-state index is -3.82. The highest BCUT2D eigenvalue weighted by atomic mass is 35.5. The van der Waals surface area contributed by atoms with Crippen LogP contribution in [-0.2, 0) is 19.1 Å². The van der Waals surface area contributed by atoms with Crippen molar-refractivity contribution in [3.63, 3.8) is 0 Å². The molecule has 1 N–H and O–H groups in total. The molecule has 0 saturated heterocycles. The fraction of sp³-hybridized carbons (Fsp3) is 0.500. The Hall–Kier alpha value is -1.73. The Morgan fingerprint density at radius 1 is 1.19 bits per heavy atom. The van der Waals surface area contributed by atoms with Gasteiger partial charge in [0.15, 0.2) is 5.76 Å². The van der Waals surface area contributed by atoms with Gasteiger partial charge in [0.1, 0.15) is 11.3 Å². The van der Waals surface area contributed by atoms with E-state index in [0.717, 1.165) is 31.1 Å². The first-order valence-corrected chi connectivity index (χ1v) is 10.7. The molecule has 0 aromatic heterocycles. The predicted molar refractivity (Wildman–Crippen MR) is 99.5 cm³/mol. The molecule has 2 aliphatic rings. The van der Waals surface area contributed by atoms with Crippen molar-refractivity contribution in [2.75, 3.05) is 13.4 Å². The Bertz CT molecular complexity index is 885. The Morgan fingerprint density at radius 3 is 2.42 bits per heavy atom. The number of nitrogens with one attached hydrogen (secondary N) is 1. The van der Waals surface area contributed by atoms with Crippen LogP contribution in [0, 0.1) is 6.92 Å². The lowest BCUT2D eigenvalue weighted by Crippen LogP contribution is -2.46. The number of amides is 1. The standard InChI is InChI=1S/C18H22ClNO5S/c1-11-9-12(19)14(13(10-11)24-2)15-16(25-26(3,22)23)18(20-17(15)21)7-5-4-6-8-18/h9-10H,4-8H2,1-3H3,(H,20,21). The number of hydrogen-bond acceptors (Lipinski definition) is 5. The SMILES string of the molecule is COc1cc(C)cc(Cl)c1C1=C(OS(C)(=O)=O)C2(CCCCC2)NC1=O. The number of benzene rings is 1. The molecule has 1 saturated carbocycles. The van der Waals surface area contributed by atoms with Crippen LogP contribution in [-0.4, -0.2) is 33.2 Å². The summed E-state index contributed by atoms with van der Waals surface area (Å²) in [7, 11) is -2.34. The molecule has 6 nitrogen and oxygen atoms in total. The van der Waals surface area contributed by atoms with Gasteiger partial charge in [-0.25, -0.2) is 0 Å². The van der Waals surface area contributed by atoms with Gasteiger partial charge in [-0.15, -0.1) is 0 Å². The summed E-state index contributed by atoms with van der Waals surface area (Å²) >= 11 is 6.42. The molecule has 26 heavy (non-hydrogen) atoms. The summed E-state index contributed by atoms with van der Waals surface area (Å²) in [4.78, 5) is 12.9. The second kappa shape index (κ2) is 6.78. The highest BCUT2D eigenvalue weighted by molar-refractivity contribution is 7.86. The number of methoxy groups -OCH3 is 1. The molecule has 1 aliphatic heterocycles. The van der Waals surface area contributed by atoms with Crippen molar-refractivity contribution in [2.24, 2.45) is 0 Å². The Kier molecular flexibility index (Phi) is 4.96. The minimum absolute atomic E-state index is 0.133. The van der Waals surface area contributed by atoms with E-state index in [1.165, 1.54) is 7.11 Å². The van der Waals surface area contributed by atoms with E-state index in [0.29, 0.717) is 29.2 Å². The van der Waals surface area contributed by atoms with Crippen molar-refractivity contribution in [3.8, 4) is 5.75 Å². The average Bonchev–Trinajstić information content (AvgIpc) is 2.77. The average molecular weight is 400 g/mol.